The third-order valence-corrected chi connectivity index (χ3v) is 4.38. The van der Waals surface area contributed by atoms with Crippen molar-refractivity contribution in [2.75, 3.05) is 6.61 Å². The number of aromatic nitrogens is 3. The topological polar surface area (TPSA) is 74.6 Å². The van der Waals surface area contributed by atoms with Gasteiger partial charge in [-0.25, -0.2) is 5.10 Å². The van der Waals surface area contributed by atoms with Crippen LogP contribution in [0.25, 0.3) is 11.3 Å². The van der Waals surface area contributed by atoms with Crippen molar-refractivity contribution >= 4 is 0 Å². The predicted octanol–water partition coefficient (Wildman–Crippen LogP) is 4.32. The highest BCUT2D eigenvalue weighted by atomic mass is 19.4. The smallest absolute Gasteiger partial charge is 0.416 e. The Morgan fingerprint density at radius 2 is 1.96 bits per heavy atom. The molecule has 0 saturated heterocycles. The fourth-order valence-electron chi connectivity index (χ4n) is 3.06. The first-order valence-electron chi connectivity index (χ1n) is 8.14. The monoisotopic (exact) mass is 350 g/mol. The molecule has 1 aromatic carbocycles. The number of hydrogen-bond donors (Lipinski definition) is 1. The Hall–Kier alpha value is -2.56. The second-order valence-electron chi connectivity index (χ2n) is 6.21. The van der Waals surface area contributed by atoms with Crippen LogP contribution in [0.5, 0.6) is 5.75 Å². The summed E-state index contributed by atoms with van der Waals surface area (Å²) in [6.07, 6.45) is 1.02. The number of hydrogen-bond acceptors (Lipinski definition) is 4. The van der Waals surface area contributed by atoms with E-state index in [1.54, 1.807) is 0 Å². The molecular weight excluding hydrogens is 333 g/mol. The zero-order valence-electron chi connectivity index (χ0n) is 13.4. The van der Waals surface area contributed by atoms with E-state index in [-0.39, 0.29) is 22.7 Å². The normalized spacial score (nSPS) is 15.8. The molecule has 2 aromatic rings. The molecule has 0 bridgehead atoms. The molecule has 132 valence electrons. The van der Waals surface area contributed by atoms with Gasteiger partial charge in [-0.15, -0.1) is 5.10 Å². The minimum absolute atomic E-state index is 0.0116. The van der Waals surface area contributed by atoms with Crippen LogP contribution in [0.1, 0.15) is 43.4 Å². The molecule has 3 rings (SSSR count). The molecule has 1 aliphatic carbocycles. The third kappa shape index (κ3) is 4.10. The standard InChI is InChI=1S/C17H17F3N4O/c18-17(19,20)13-6-12(16-15(9-21)22-24-23-16)7-14(8-13)25-10-11-4-2-1-3-5-11/h6-8,11H,1-5,10H2,(H,22,23,24). The lowest BCUT2D eigenvalue weighted by Crippen LogP contribution is -2.15. The molecule has 0 amide bonds. The number of H-pyrrole nitrogens is 1. The molecule has 25 heavy (non-hydrogen) atoms. The van der Waals surface area contributed by atoms with E-state index in [1.807, 2.05) is 6.07 Å². The molecule has 1 aromatic heterocycles. The van der Waals surface area contributed by atoms with E-state index in [4.69, 9.17) is 10.00 Å². The first-order valence-corrected chi connectivity index (χ1v) is 8.14. The van der Waals surface area contributed by atoms with E-state index in [9.17, 15) is 13.2 Å². The summed E-state index contributed by atoms with van der Waals surface area (Å²) in [7, 11) is 0. The van der Waals surface area contributed by atoms with Gasteiger partial charge in [0.25, 0.3) is 0 Å². The maximum Gasteiger partial charge on any atom is 0.416 e. The van der Waals surface area contributed by atoms with Crippen LogP contribution in [-0.2, 0) is 6.18 Å². The van der Waals surface area contributed by atoms with Gasteiger partial charge in [0, 0.05) is 5.56 Å². The summed E-state index contributed by atoms with van der Waals surface area (Å²) < 4.78 is 45.3. The molecule has 1 heterocycles. The Labute approximate surface area is 142 Å². The fourth-order valence-corrected chi connectivity index (χ4v) is 3.06. The van der Waals surface area contributed by atoms with Crippen molar-refractivity contribution in [2.24, 2.45) is 5.92 Å². The average molecular weight is 350 g/mol. The van der Waals surface area contributed by atoms with Gasteiger partial charge in [-0.2, -0.15) is 18.4 Å². The zero-order valence-corrected chi connectivity index (χ0v) is 13.4. The number of aromatic amines is 1. The Kier molecular flexibility index (Phi) is 4.93. The molecule has 1 aliphatic rings. The van der Waals surface area contributed by atoms with Crippen molar-refractivity contribution in [3.8, 4) is 23.1 Å². The highest BCUT2D eigenvalue weighted by Gasteiger charge is 2.32. The maximum absolute atomic E-state index is 13.2. The number of benzene rings is 1. The molecule has 0 unspecified atom stereocenters. The quantitative estimate of drug-likeness (QED) is 0.891. The molecule has 1 N–H and O–H groups in total. The second kappa shape index (κ2) is 7.13. The Morgan fingerprint density at radius 1 is 1.20 bits per heavy atom. The molecule has 0 radical (unpaired) electrons. The molecule has 1 saturated carbocycles. The number of ether oxygens (including phenoxy) is 1. The lowest BCUT2D eigenvalue weighted by atomic mass is 9.90. The molecule has 8 heteroatoms. The zero-order chi connectivity index (χ0) is 17.9. The van der Waals surface area contributed by atoms with Gasteiger partial charge >= 0.3 is 6.18 Å². The first kappa shape index (κ1) is 17.3. The molecule has 5 nitrogen and oxygen atoms in total. The summed E-state index contributed by atoms with van der Waals surface area (Å²) in [5, 5.41) is 18.6. The fraction of sp³-hybridized carbons (Fsp3) is 0.471. The Morgan fingerprint density at radius 3 is 2.64 bits per heavy atom. The summed E-state index contributed by atoms with van der Waals surface area (Å²) in [6.45, 7) is 0.394. The average Bonchev–Trinajstić information content (AvgIpc) is 3.08. The highest BCUT2D eigenvalue weighted by molar-refractivity contribution is 5.67. The molecule has 0 aliphatic heterocycles. The largest absolute Gasteiger partial charge is 0.493 e. The van der Waals surface area contributed by atoms with E-state index in [0.717, 1.165) is 37.8 Å². The van der Waals surface area contributed by atoms with Crippen LogP contribution in [0.4, 0.5) is 13.2 Å². The van der Waals surface area contributed by atoms with E-state index < -0.39 is 11.7 Å². The van der Waals surface area contributed by atoms with Crippen LogP contribution in [0.3, 0.4) is 0 Å². The van der Waals surface area contributed by atoms with Gasteiger partial charge in [-0.1, -0.05) is 24.5 Å². The van der Waals surface area contributed by atoms with Gasteiger partial charge < -0.3 is 4.74 Å². The van der Waals surface area contributed by atoms with E-state index in [2.05, 4.69) is 15.4 Å². The van der Waals surface area contributed by atoms with Gasteiger partial charge in [0.05, 0.1) is 12.2 Å². The summed E-state index contributed by atoms with van der Waals surface area (Å²) in [5.74, 6) is 0.496. The molecule has 0 spiro atoms. The summed E-state index contributed by atoms with van der Waals surface area (Å²) in [4.78, 5) is 0. The first-order chi connectivity index (χ1) is 12.0. The molecule has 0 atom stereocenters. The molecule has 1 fully saturated rings. The van der Waals surface area contributed by atoms with Crippen LogP contribution in [0.2, 0.25) is 0 Å². The Balaban J connectivity index is 1.89. The number of rotatable bonds is 4. The Bertz CT molecular complexity index is 773. The number of alkyl halides is 3. The van der Waals surface area contributed by atoms with E-state index >= 15 is 0 Å². The number of nitrogens with zero attached hydrogens (tertiary/aromatic N) is 3. The van der Waals surface area contributed by atoms with Crippen molar-refractivity contribution in [1.29, 1.82) is 5.26 Å². The number of nitriles is 1. The van der Waals surface area contributed by atoms with Crippen LogP contribution < -0.4 is 4.74 Å². The van der Waals surface area contributed by atoms with Gasteiger partial charge in [0.2, 0.25) is 0 Å². The second-order valence-corrected chi connectivity index (χ2v) is 6.21. The summed E-state index contributed by atoms with van der Waals surface area (Å²) in [5.41, 5.74) is -0.594. The van der Waals surface area contributed by atoms with Crippen molar-refractivity contribution in [3.63, 3.8) is 0 Å². The predicted molar refractivity (Wildman–Crippen MR) is 83.6 cm³/mol. The minimum Gasteiger partial charge on any atom is -0.493 e. The minimum atomic E-state index is -4.52. The van der Waals surface area contributed by atoms with E-state index in [0.29, 0.717) is 12.5 Å². The van der Waals surface area contributed by atoms with Crippen LogP contribution >= 0.6 is 0 Å². The molecular formula is C17H17F3N4O. The summed E-state index contributed by atoms with van der Waals surface area (Å²) >= 11 is 0. The van der Waals surface area contributed by atoms with Crippen molar-refractivity contribution in [1.82, 2.24) is 15.4 Å². The van der Waals surface area contributed by atoms with Crippen LogP contribution in [0.15, 0.2) is 18.2 Å². The summed E-state index contributed by atoms with van der Waals surface area (Å²) in [6, 6.07) is 5.24. The van der Waals surface area contributed by atoms with Gasteiger partial charge in [0.1, 0.15) is 17.5 Å². The van der Waals surface area contributed by atoms with Crippen molar-refractivity contribution in [3.05, 3.63) is 29.5 Å². The van der Waals surface area contributed by atoms with Gasteiger partial charge in [-0.05, 0) is 37.0 Å². The van der Waals surface area contributed by atoms with E-state index in [1.165, 1.54) is 12.5 Å². The van der Waals surface area contributed by atoms with Crippen molar-refractivity contribution in [2.45, 2.75) is 38.3 Å². The number of halogens is 3. The van der Waals surface area contributed by atoms with Gasteiger partial charge in [-0.3, -0.25) is 0 Å². The van der Waals surface area contributed by atoms with Crippen molar-refractivity contribution < 1.29 is 17.9 Å². The number of nitrogens with one attached hydrogen (secondary N) is 1. The van der Waals surface area contributed by atoms with Crippen LogP contribution in [-0.4, -0.2) is 22.0 Å². The van der Waals surface area contributed by atoms with Crippen LogP contribution in [0, 0.1) is 17.2 Å². The lowest BCUT2D eigenvalue weighted by Gasteiger charge is -2.22. The maximum atomic E-state index is 13.2. The van der Waals surface area contributed by atoms with Gasteiger partial charge in [0.15, 0.2) is 5.69 Å². The lowest BCUT2D eigenvalue weighted by molar-refractivity contribution is -0.137. The highest BCUT2D eigenvalue weighted by Crippen LogP contribution is 2.36. The SMILES string of the molecule is N#Cc1[nH]nnc1-c1cc(OCC2CCCCC2)cc(C(F)(F)F)c1. The third-order valence-electron chi connectivity index (χ3n) is 4.38.